The van der Waals surface area contributed by atoms with Crippen molar-refractivity contribution in [1.82, 2.24) is 0 Å². The van der Waals surface area contributed by atoms with E-state index in [9.17, 15) is 0 Å². The molecule has 2 aromatic carbocycles. The number of hydrogen-bond acceptors (Lipinski definition) is 0. The van der Waals surface area contributed by atoms with Crippen molar-refractivity contribution in [2.24, 2.45) is 0 Å². The van der Waals surface area contributed by atoms with Gasteiger partial charge in [0.15, 0.2) is 0 Å². The average Bonchev–Trinajstić information content (AvgIpc) is 2.58. The van der Waals surface area contributed by atoms with E-state index in [0.717, 1.165) is 0 Å². The van der Waals surface area contributed by atoms with E-state index in [0.29, 0.717) is 0 Å². The van der Waals surface area contributed by atoms with Crippen molar-refractivity contribution >= 4 is 0 Å². The van der Waals surface area contributed by atoms with Crippen molar-refractivity contribution in [2.75, 3.05) is 0 Å². The van der Waals surface area contributed by atoms with E-state index < -0.39 is 0 Å². The topological polar surface area (TPSA) is 0 Å². The smallest absolute Gasteiger partial charge is 1.00 e. The summed E-state index contributed by atoms with van der Waals surface area (Å²) < 4.78 is 0. The number of rotatable bonds is 0. The monoisotopic (exact) mass is 336 g/mol. The predicted molar refractivity (Wildman–Crippen MR) is 72.5 cm³/mol. The fourth-order valence-electron chi connectivity index (χ4n) is 1.90. The molecule has 3 heteroatoms. The summed E-state index contributed by atoms with van der Waals surface area (Å²) in [5.41, 5.74) is 8.37. The minimum Gasteiger partial charge on any atom is -1.00 e. The van der Waals surface area contributed by atoms with Crippen molar-refractivity contribution < 1.29 is 42.2 Å². The van der Waals surface area contributed by atoms with Gasteiger partial charge in [0.05, 0.1) is 0 Å². The molecule has 0 amide bonds. The van der Waals surface area contributed by atoms with Crippen LogP contribution < -0.4 is 24.8 Å². The van der Waals surface area contributed by atoms with Crippen LogP contribution in [0.1, 0.15) is 33.4 Å². The van der Waals surface area contributed by atoms with Crippen molar-refractivity contribution in [3.8, 4) is 0 Å². The van der Waals surface area contributed by atoms with Crippen molar-refractivity contribution in [3.63, 3.8) is 0 Å². The van der Waals surface area contributed by atoms with Crippen molar-refractivity contribution in [2.45, 2.75) is 41.5 Å². The predicted octanol–water partition coefficient (Wildman–Crippen LogP) is -1.33. The second kappa shape index (κ2) is 10.6. The van der Waals surface area contributed by atoms with E-state index in [4.69, 9.17) is 0 Å². The number of aryl methyl sites for hydroxylation is 6. The van der Waals surface area contributed by atoms with Crippen LogP contribution in [0.2, 0.25) is 0 Å². The molecule has 0 fully saturated rings. The number of hydrogen-bond donors (Lipinski definition) is 0. The van der Waals surface area contributed by atoms with Crippen LogP contribution in [-0.2, 0) is 17.4 Å². The van der Waals surface area contributed by atoms with Gasteiger partial charge in [0.2, 0.25) is 0 Å². The Hall–Kier alpha value is -0.188. The minimum atomic E-state index is 0. The van der Waals surface area contributed by atoms with E-state index in [2.05, 4.69) is 65.8 Å². The molecule has 0 radical (unpaired) electrons. The molecule has 0 aliphatic heterocycles. The van der Waals surface area contributed by atoms with Gasteiger partial charge in [0, 0.05) is 0 Å². The molecule has 2 rings (SSSR count). The van der Waals surface area contributed by atoms with Gasteiger partial charge in [-0.3, -0.25) is 0 Å². The van der Waals surface area contributed by atoms with E-state index >= 15 is 0 Å². The molecule has 0 atom stereocenters. The standard InChI is InChI=1S/2C8H11.2ClH.Cr/c2*1-6-4-7(2)8(3)5-6;;;/h2*4-5H,1-3H3;2*1H;/q2*-1;;;+4/p-2. The normalized spacial score (nSPS) is 8.32. The van der Waals surface area contributed by atoms with E-state index in [1.807, 2.05) is 0 Å². The molecule has 0 unspecified atom stereocenters. The zero-order chi connectivity index (χ0) is 12.3. The zero-order valence-electron chi connectivity index (χ0n) is 12.5. The van der Waals surface area contributed by atoms with Gasteiger partial charge in [-0.15, -0.1) is 0 Å². The minimum absolute atomic E-state index is 0. The molecule has 0 heterocycles. The Kier molecular flexibility index (Phi) is 13.3. The fourth-order valence-corrected chi connectivity index (χ4v) is 1.90. The molecule has 0 N–H and O–H groups in total. The average molecular weight is 337 g/mol. The van der Waals surface area contributed by atoms with Gasteiger partial charge in [0.1, 0.15) is 0 Å². The van der Waals surface area contributed by atoms with Crippen LogP contribution in [0.15, 0.2) is 24.3 Å². The molecule has 0 saturated heterocycles. The molecular weight excluding hydrogens is 315 g/mol. The summed E-state index contributed by atoms with van der Waals surface area (Å²) in [7, 11) is 0. The van der Waals surface area contributed by atoms with Crippen LogP contribution in [0.4, 0.5) is 0 Å². The van der Waals surface area contributed by atoms with Crippen LogP contribution in [0, 0.1) is 41.5 Å². The van der Waals surface area contributed by atoms with Crippen LogP contribution >= 0.6 is 0 Å². The summed E-state index contributed by atoms with van der Waals surface area (Å²) in [6.45, 7) is 12.8. The van der Waals surface area contributed by atoms with E-state index in [1.165, 1.54) is 33.4 Å². The maximum absolute atomic E-state index is 2.20. The largest absolute Gasteiger partial charge is 4.00 e. The Labute approximate surface area is 141 Å². The third kappa shape index (κ3) is 7.85. The second-order valence-corrected chi connectivity index (χ2v) is 4.80. The Morgan fingerprint density at radius 1 is 0.684 bits per heavy atom. The summed E-state index contributed by atoms with van der Waals surface area (Å²) in [4.78, 5) is 0. The molecule has 0 aromatic heterocycles. The van der Waals surface area contributed by atoms with Crippen LogP contribution in [0.5, 0.6) is 0 Å². The summed E-state index contributed by atoms with van der Waals surface area (Å²) in [6.07, 6.45) is 0. The van der Waals surface area contributed by atoms with Crippen LogP contribution in [-0.4, -0.2) is 0 Å². The Morgan fingerprint density at radius 2 is 0.947 bits per heavy atom. The SMILES string of the molecule is Cc1cc(C)[c-](C)c1.Cc1cc(C)[c-](C)c1.[Cl-].[Cl-].[Cr+4]. The maximum Gasteiger partial charge on any atom is 4.00 e. The molecule has 19 heavy (non-hydrogen) atoms. The summed E-state index contributed by atoms with van der Waals surface area (Å²) >= 11 is 0. The first-order valence-corrected chi connectivity index (χ1v) is 5.81. The van der Waals surface area contributed by atoms with Gasteiger partial charge in [-0.25, -0.2) is 23.3 Å². The molecule has 0 saturated carbocycles. The molecule has 0 spiro atoms. The van der Waals surface area contributed by atoms with Gasteiger partial charge >= 0.3 is 17.4 Å². The Balaban J connectivity index is -0.000000233. The van der Waals surface area contributed by atoms with Gasteiger partial charge in [-0.2, -0.15) is 34.4 Å². The number of halogens is 2. The third-order valence-electron chi connectivity index (χ3n) is 3.02. The second-order valence-electron chi connectivity index (χ2n) is 4.80. The van der Waals surface area contributed by atoms with Gasteiger partial charge in [0.25, 0.3) is 0 Å². The molecule has 106 valence electrons. The van der Waals surface area contributed by atoms with Crippen LogP contribution in [0.25, 0.3) is 0 Å². The van der Waals surface area contributed by atoms with Gasteiger partial charge in [-0.1, -0.05) is 41.5 Å². The maximum atomic E-state index is 2.20. The first kappa shape index (κ1) is 23.9. The molecule has 0 aliphatic carbocycles. The van der Waals surface area contributed by atoms with E-state index in [-0.39, 0.29) is 42.2 Å². The van der Waals surface area contributed by atoms with Gasteiger partial charge in [-0.05, 0) is 0 Å². The first-order chi connectivity index (χ1) is 7.40. The van der Waals surface area contributed by atoms with Crippen LogP contribution in [0.3, 0.4) is 0 Å². The molecule has 0 aliphatic rings. The van der Waals surface area contributed by atoms with Gasteiger partial charge < -0.3 is 24.8 Å². The van der Waals surface area contributed by atoms with E-state index in [1.54, 1.807) is 0 Å². The molecule has 0 bridgehead atoms. The fraction of sp³-hybridized carbons (Fsp3) is 0.375. The Morgan fingerprint density at radius 3 is 1.00 bits per heavy atom. The summed E-state index contributed by atoms with van der Waals surface area (Å²) in [5, 5.41) is 0. The third-order valence-corrected chi connectivity index (χ3v) is 3.02. The molecule has 2 aromatic rings. The van der Waals surface area contributed by atoms with Crippen molar-refractivity contribution in [3.05, 3.63) is 57.6 Å². The Bertz CT molecular complexity index is 384. The van der Waals surface area contributed by atoms with Crippen molar-refractivity contribution in [1.29, 1.82) is 0 Å². The zero-order valence-corrected chi connectivity index (χ0v) is 15.3. The quantitative estimate of drug-likeness (QED) is 0.523. The molecule has 0 nitrogen and oxygen atoms in total. The molecular formula is C16H22Cl2Cr. The first-order valence-electron chi connectivity index (χ1n) is 5.81. The summed E-state index contributed by atoms with van der Waals surface area (Å²) in [5.74, 6) is 0. The summed E-state index contributed by atoms with van der Waals surface area (Å²) in [6, 6.07) is 8.81.